The molecule has 0 saturated carbocycles. The molecule has 23 heavy (non-hydrogen) atoms. The van der Waals surface area contributed by atoms with E-state index in [1.54, 1.807) is 4.90 Å². The minimum absolute atomic E-state index is 0.0200. The van der Waals surface area contributed by atoms with Crippen molar-refractivity contribution < 1.29 is 9.53 Å². The lowest BCUT2D eigenvalue weighted by Crippen LogP contribution is -2.42. The number of hydrogen-bond acceptors (Lipinski definition) is 3. The summed E-state index contributed by atoms with van der Waals surface area (Å²) >= 11 is 0. The second kappa shape index (κ2) is 6.71. The van der Waals surface area contributed by atoms with Crippen LogP contribution in [0.15, 0.2) is 24.3 Å². The van der Waals surface area contributed by atoms with E-state index in [9.17, 15) is 4.79 Å². The molecule has 1 aliphatic rings. The summed E-state index contributed by atoms with van der Waals surface area (Å²) in [6, 6.07) is 8.05. The normalized spacial score (nSPS) is 21.5. The van der Waals surface area contributed by atoms with E-state index >= 15 is 0 Å². The van der Waals surface area contributed by atoms with E-state index in [-0.39, 0.29) is 17.9 Å². The van der Waals surface area contributed by atoms with Crippen LogP contribution in [0, 0.1) is 5.92 Å². The number of fused-ring (bicyclic) bond motifs is 1. The first kappa shape index (κ1) is 16.0. The van der Waals surface area contributed by atoms with Gasteiger partial charge in [0.15, 0.2) is 0 Å². The number of aromatic nitrogens is 2. The Labute approximate surface area is 137 Å². The van der Waals surface area contributed by atoms with E-state index in [1.165, 1.54) is 0 Å². The molecule has 1 amide bonds. The Morgan fingerprint density at radius 1 is 1.43 bits per heavy atom. The lowest BCUT2D eigenvalue weighted by molar-refractivity contribution is -0.144. The van der Waals surface area contributed by atoms with E-state index < -0.39 is 0 Å². The first-order chi connectivity index (χ1) is 11.1. The molecular formula is C18H25N3O2. The van der Waals surface area contributed by atoms with Crippen LogP contribution in [0.3, 0.4) is 0 Å². The number of ether oxygens (including phenoxy) is 1. The maximum atomic E-state index is 12.8. The highest BCUT2D eigenvalue weighted by molar-refractivity contribution is 5.79. The topological polar surface area (TPSA) is 47.4 Å². The third-order valence-corrected chi connectivity index (χ3v) is 4.79. The average molecular weight is 315 g/mol. The van der Waals surface area contributed by atoms with Gasteiger partial charge in [0.1, 0.15) is 5.82 Å². The summed E-state index contributed by atoms with van der Waals surface area (Å²) in [5, 5.41) is 0. The molecule has 1 fully saturated rings. The van der Waals surface area contributed by atoms with Gasteiger partial charge < -0.3 is 14.2 Å². The predicted octanol–water partition coefficient (Wildman–Crippen LogP) is 2.74. The zero-order chi connectivity index (χ0) is 16.4. The molecule has 0 aliphatic carbocycles. The van der Waals surface area contributed by atoms with Gasteiger partial charge in [0.05, 0.1) is 29.6 Å². The van der Waals surface area contributed by atoms with Gasteiger partial charge in [-0.1, -0.05) is 19.1 Å². The summed E-state index contributed by atoms with van der Waals surface area (Å²) in [5.41, 5.74) is 2.06. The van der Waals surface area contributed by atoms with E-state index in [0.717, 1.165) is 42.7 Å². The molecule has 1 aromatic carbocycles. The molecule has 0 unspecified atom stereocenters. The van der Waals surface area contributed by atoms with E-state index in [0.29, 0.717) is 6.54 Å². The molecule has 5 heteroatoms. The Bertz CT molecular complexity index is 695. The summed E-state index contributed by atoms with van der Waals surface area (Å²) in [4.78, 5) is 19.3. The number of carbonyl (C=O) groups excluding carboxylic acids is 1. The molecule has 0 N–H and O–H groups in total. The van der Waals surface area contributed by atoms with Crippen molar-refractivity contribution in [1.82, 2.24) is 14.5 Å². The fourth-order valence-corrected chi connectivity index (χ4v) is 3.43. The van der Waals surface area contributed by atoms with Crippen LogP contribution in [-0.4, -0.2) is 40.1 Å². The molecule has 1 aromatic heterocycles. The number of nitrogens with zero attached hydrogens (tertiary/aromatic N) is 3. The largest absolute Gasteiger partial charge is 0.377 e. The highest BCUT2D eigenvalue weighted by atomic mass is 16.5. The van der Waals surface area contributed by atoms with Gasteiger partial charge >= 0.3 is 0 Å². The third kappa shape index (κ3) is 3.11. The smallest absolute Gasteiger partial charge is 0.228 e. The van der Waals surface area contributed by atoms with Gasteiger partial charge in [-0.05, 0) is 31.4 Å². The molecule has 0 bridgehead atoms. The Kier molecular flexibility index (Phi) is 4.66. The van der Waals surface area contributed by atoms with Crippen LogP contribution in [0.1, 0.15) is 32.0 Å². The van der Waals surface area contributed by atoms with E-state index in [1.807, 2.05) is 32.3 Å². The number of amides is 1. The van der Waals surface area contributed by atoms with Gasteiger partial charge in [-0.2, -0.15) is 0 Å². The van der Waals surface area contributed by atoms with Crippen molar-refractivity contribution in [2.24, 2.45) is 13.0 Å². The highest BCUT2D eigenvalue weighted by Gasteiger charge is 2.32. The van der Waals surface area contributed by atoms with Gasteiger partial charge in [0, 0.05) is 20.7 Å². The molecule has 3 rings (SSSR count). The van der Waals surface area contributed by atoms with Crippen molar-refractivity contribution >= 4 is 16.9 Å². The zero-order valence-electron chi connectivity index (χ0n) is 14.2. The fourth-order valence-electron chi connectivity index (χ4n) is 3.43. The lowest BCUT2D eigenvalue weighted by atomic mass is 9.91. The second-order valence-corrected chi connectivity index (χ2v) is 6.34. The summed E-state index contributed by atoms with van der Waals surface area (Å²) in [7, 11) is 3.87. The van der Waals surface area contributed by atoms with Crippen molar-refractivity contribution in [3.05, 3.63) is 30.1 Å². The maximum Gasteiger partial charge on any atom is 0.228 e. The lowest BCUT2D eigenvalue weighted by Gasteiger charge is -2.32. The number of rotatable bonds is 4. The molecule has 2 heterocycles. The molecular weight excluding hydrogens is 290 g/mol. The first-order valence-electron chi connectivity index (χ1n) is 8.38. The maximum absolute atomic E-state index is 12.8. The number of carbonyl (C=O) groups is 1. The summed E-state index contributed by atoms with van der Waals surface area (Å²) in [6.07, 6.45) is 2.83. The number of hydrogen-bond donors (Lipinski definition) is 0. The van der Waals surface area contributed by atoms with Gasteiger partial charge in [-0.25, -0.2) is 4.98 Å². The van der Waals surface area contributed by atoms with Gasteiger partial charge in [-0.15, -0.1) is 0 Å². The van der Waals surface area contributed by atoms with E-state index in [2.05, 4.69) is 22.5 Å². The molecule has 124 valence electrons. The SMILES string of the molecule is CC[C@@H]1OCCC[C@H]1C(=O)N(C)Cc1nc2ccccc2n1C. The van der Waals surface area contributed by atoms with Crippen LogP contribution >= 0.6 is 0 Å². The van der Waals surface area contributed by atoms with E-state index in [4.69, 9.17) is 4.74 Å². The number of benzene rings is 1. The van der Waals surface area contributed by atoms with Gasteiger partial charge in [0.2, 0.25) is 5.91 Å². The first-order valence-corrected chi connectivity index (χ1v) is 8.38. The quantitative estimate of drug-likeness (QED) is 0.871. The van der Waals surface area contributed by atoms with Crippen molar-refractivity contribution in [3.8, 4) is 0 Å². The van der Waals surface area contributed by atoms with Crippen LogP contribution < -0.4 is 0 Å². The number of para-hydroxylation sites is 2. The Morgan fingerprint density at radius 2 is 2.22 bits per heavy atom. The van der Waals surface area contributed by atoms with Gasteiger partial charge in [0.25, 0.3) is 0 Å². The summed E-state index contributed by atoms with van der Waals surface area (Å²) in [5.74, 6) is 1.06. The minimum atomic E-state index is -0.0200. The average Bonchev–Trinajstić information content (AvgIpc) is 2.90. The highest BCUT2D eigenvalue weighted by Crippen LogP contribution is 2.25. The third-order valence-electron chi connectivity index (χ3n) is 4.79. The summed E-state index contributed by atoms with van der Waals surface area (Å²) < 4.78 is 7.83. The Morgan fingerprint density at radius 3 is 2.96 bits per heavy atom. The molecule has 5 nitrogen and oxygen atoms in total. The fraction of sp³-hybridized carbons (Fsp3) is 0.556. The van der Waals surface area contributed by atoms with Crippen LogP contribution in [-0.2, 0) is 23.1 Å². The monoisotopic (exact) mass is 315 g/mol. The van der Waals surface area contributed by atoms with Crippen LogP contribution in [0.5, 0.6) is 0 Å². The van der Waals surface area contributed by atoms with Crippen molar-refractivity contribution in [3.63, 3.8) is 0 Å². The second-order valence-electron chi connectivity index (χ2n) is 6.34. The number of imidazole rings is 1. The molecule has 2 aromatic rings. The van der Waals surface area contributed by atoms with Crippen LogP contribution in [0.4, 0.5) is 0 Å². The zero-order valence-corrected chi connectivity index (χ0v) is 14.2. The molecule has 0 radical (unpaired) electrons. The van der Waals surface area contributed by atoms with Crippen LogP contribution in [0.2, 0.25) is 0 Å². The van der Waals surface area contributed by atoms with Crippen LogP contribution in [0.25, 0.3) is 11.0 Å². The van der Waals surface area contributed by atoms with Crippen molar-refractivity contribution in [2.75, 3.05) is 13.7 Å². The number of aryl methyl sites for hydroxylation is 1. The molecule has 0 spiro atoms. The Balaban J connectivity index is 1.75. The van der Waals surface area contributed by atoms with Crippen molar-refractivity contribution in [2.45, 2.75) is 38.8 Å². The van der Waals surface area contributed by atoms with Gasteiger partial charge in [-0.3, -0.25) is 4.79 Å². The Hall–Kier alpha value is -1.88. The predicted molar refractivity (Wildman–Crippen MR) is 89.9 cm³/mol. The summed E-state index contributed by atoms with van der Waals surface area (Å²) in [6.45, 7) is 3.38. The minimum Gasteiger partial charge on any atom is -0.377 e. The molecule has 2 atom stereocenters. The molecule has 1 saturated heterocycles. The molecule has 1 aliphatic heterocycles. The standard InChI is InChI=1S/C18H25N3O2/c1-4-16-13(8-7-11-23-16)18(22)20(2)12-17-19-14-9-5-6-10-15(14)21(17)3/h5-6,9-10,13,16H,4,7-8,11-12H2,1-3H3/t13-,16+/m1/s1. The van der Waals surface area contributed by atoms with Crippen molar-refractivity contribution in [1.29, 1.82) is 0 Å².